The largest absolute Gasteiger partial charge is 0.454 e. The van der Waals surface area contributed by atoms with Crippen LogP contribution in [0.1, 0.15) is 36.0 Å². The summed E-state index contributed by atoms with van der Waals surface area (Å²) in [5, 5.41) is 0. The van der Waals surface area contributed by atoms with Gasteiger partial charge in [-0.05, 0) is 44.1 Å². The number of hydrogen-bond donors (Lipinski definition) is 0. The Hall–Kier alpha value is -1.55. The minimum Gasteiger partial charge on any atom is -0.454 e. The molecule has 4 heteroatoms. The summed E-state index contributed by atoms with van der Waals surface area (Å²) in [6.45, 7) is 2.84. The quantitative estimate of drug-likeness (QED) is 0.784. The first-order chi connectivity index (χ1) is 9.33. The maximum Gasteiger partial charge on any atom is 0.231 e. The molecule has 1 aromatic rings. The van der Waals surface area contributed by atoms with Crippen LogP contribution in [0.15, 0.2) is 18.2 Å². The highest BCUT2D eigenvalue weighted by Crippen LogP contribution is 2.32. The summed E-state index contributed by atoms with van der Waals surface area (Å²) in [7, 11) is 0. The summed E-state index contributed by atoms with van der Waals surface area (Å²) in [4.78, 5) is 14.6. The molecule has 0 radical (unpaired) electrons. The van der Waals surface area contributed by atoms with Crippen LogP contribution in [0.25, 0.3) is 0 Å². The Kier molecular flexibility index (Phi) is 3.69. The third-order valence-corrected chi connectivity index (χ3v) is 3.76. The number of rotatable bonds is 3. The van der Waals surface area contributed by atoms with Crippen LogP contribution in [-0.2, 0) is 0 Å². The van der Waals surface area contributed by atoms with Crippen molar-refractivity contribution in [3.8, 4) is 11.5 Å². The van der Waals surface area contributed by atoms with Crippen molar-refractivity contribution in [3.63, 3.8) is 0 Å². The number of carbonyl (C=O) groups is 1. The molecule has 3 rings (SSSR count). The molecule has 0 unspecified atom stereocenters. The molecule has 2 aliphatic heterocycles. The van der Waals surface area contributed by atoms with E-state index in [0.29, 0.717) is 17.9 Å². The first-order valence-corrected chi connectivity index (χ1v) is 6.98. The summed E-state index contributed by atoms with van der Waals surface area (Å²) in [6.07, 6.45) is 4.98. The van der Waals surface area contributed by atoms with Gasteiger partial charge >= 0.3 is 0 Å². The van der Waals surface area contributed by atoms with Gasteiger partial charge in [-0.1, -0.05) is 12.8 Å². The Balaban J connectivity index is 1.66. The van der Waals surface area contributed by atoms with Gasteiger partial charge in [0.1, 0.15) is 0 Å². The van der Waals surface area contributed by atoms with E-state index in [-0.39, 0.29) is 12.6 Å². The molecule has 2 aliphatic rings. The van der Waals surface area contributed by atoms with Crippen LogP contribution < -0.4 is 9.47 Å². The molecule has 0 aliphatic carbocycles. The van der Waals surface area contributed by atoms with Crippen molar-refractivity contribution in [2.24, 2.45) is 0 Å². The van der Waals surface area contributed by atoms with E-state index in [9.17, 15) is 4.79 Å². The van der Waals surface area contributed by atoms with E-state index in [1.54, 1.807) is 6.07 Å². The van der Waals surface area contributed by atoms with Gasteiger partial charge in [0.15, 0.2) is 17.3 Å². The van der Waals surface area contributed by atoms with E-state index in [2.05, 4.69) is 4.90 Å². The average Bonchev–Trinajstić information content (AvgIpc) is 2.75. The fourth-order valence-electron chi connectivity index (χ4n) is 2.66. The number of fused-ring (bicyclic) bond motifs is 1. The van der Waals surface area contributed by atoms with Crippen LogP contribution >= 0.6 is 0 Å². The Morgan fingerprint density at radius 3 is 2.58 bits per heavy atom. The first-order valence-electron chi connectivity index (χ1n) is 6.98. The number of ether oxygens (including phenoxy) is 2. The number of ketones is 1. The number of likely N-dealkylation sites (tertiary alicyclic amines) is 1. The smallest absolute Gasteiger partial charge is 0.231 e. The predicted molar refractivity (Wildman–Crippen MR) is 71.8 cm³/mol. The summed E-state index contributed by atoms with van der Waals surface area (Å²) in [6, 6.07) is 5.44. The normalized spacial score (nSPS) is 19.2. The zero-order valence-electron chi connectivity index (χ0n) is 11.1. The minimum absolute atomic E-state index is 0.167. The molecule has 0 aromatic heterocycles. The molecular weight excluding hydrogens is 242 g/mol. The molecule has 1 aromatic carbocycles. The Bertz CT molecular complexity index is 464. The lowest BCUT2D eigenvalue weighted by Gasteiger charge is -2.18. The van der Waals surface area contributed by atoms with Gasteiger partial charge < -0.3 is 9.47 Å². The Morgan fingerprint density at radius 1 is 1.05 bits per heavy atom. The second-order valence-electron chi connectivity index (χ2n) is 5.18. The highest BCUT2D eigenvalue weighted by atomic mass is 16.7. The van der Waals surface area contributed by atoms with E-state index in [1.807, 2.05) is 12.1 Å². The molecule has 19 heavy (non-hydrogen) atoms. The zero-order valence-corrected chi connectivity index (χ0v) is 11.1. The molecule has 2 heterocycles. The van der Waals surface area contributed by atoms with Crippen LogP contribution in [0.4, 0.5) is 0 Å². The molecule has 0 atom stereocenters. The zero-order chi connectivity index (χ0) is 13.1. The summed E-state index contributed by atoms with van der Waals surface area (Å²) in [5.41, 5.74) is 0.716. The number of benzene rings is 1. The van der Waals surface area contributed by atoms with Crippen LogP contribution in [0, 0.1) is 0 Å². The average molecular weight is 261 g/mol. The number of Topliss-reactive ketones (excluding diaryl/α,β-unsaturated/α-hetero) is 1. The van der Waals surface area contributed by atoms with Crippen LogP contribution in [-0.4, -0.2) is 37.1 Å². The van der Waals surface area contributed by atoms with E-state index in [4.69, 9.17) is 9.47 Å². The van der Waals surface area contributed by atoms with Gasteiger partial charge in [0.2, 0.25) is 6.79 Å². The van der Waals surface area contributed by atoms with E-state index in [1.165, 1.54) is 25.7 Å². The van der Waals surface area contributed by atoms with Crippen molar-refractivity contribution in [1.29, 1.82) is 0 Å². The predicted octanol–water partition coefficient (Wildman–Crippen LogP) is 2.47. The van der Waals surface area contributed by atoms with Crippen molar-refractivity contribution < 1.29 is 14.3 Å². The monoisotopic (exact) mass is 261 g/mol. The first kappa shape index (κ1) is 12.5. The van der Waals surface area contributed by atoms with E-state index >= 15 is 0 Å². The summed E-state index contributed by atoms with van der Waals surface area (Å²) < 4.78 is 10.6. The van der Waals surface area contributed by atoms with Crippen molar-refractivity contribution in [2.45, 2.75) is 25.7 Å². The van der Waals surface area contributed by atoms with E-state index in [0.717, 1.165) is 18.8 Å². The highest BCUT2D eigenvalue weighted by Gasteiger charge is 2.18. The van der Waals surface area contributed by atoms with Gasteiger partial charge in [-0.15, -0.1) is 0 Å². The lowest BCUT2D eigenvalue weighted by Crippen LogP contribution is -2.30. The highest BCUT2D eigenvalue weighted by molar-refractivity contribution is 5.98. The van der Waals surface area contributed by atoms with E-state index < -0.39 is 0 Å². The third kappa shape index (κ3) is 2.89. The topological polar surface area (TPSA) is 38.8 Å². The molecule has 0 saturated carbocycles. The molecule has 102 valence electrons. The van der Waals surface area contributed by atoms with Crippen molar-refractivity contribution in [3.05, 3.63) is 23.8 Å². The lowest BCUT2D eigenvalue weighted by atomic mass is 10.1. The second-order valence-corrected chi connectivity index (χ2v) is 5.18. The molecule has 0 amide bonds. The van der Waals surface area contributed by atoms with Crippen molar-refractivity contribution >= 4 is 5.78 Å². The fraction of sp³-hybridized carbons (Fsp3) is 0.533. The van der Waals surface area contributed by atoms with Gasteiger partial charge in [-0.3, -0.25) is 9.69 Å². The van der Waals surface area contributed by atoms with Crippen molar-refractivity contribution in [1.82, 2.24) is 4.90 Å². The van der Waals surface area contributed by atoms with Gasteiger partial charge in [0, 0.05) is 5.56 Å². The standard InChI is InChI=1S/C15H19NO3/c17-13(10-16-7-3-1-2-4-8-16)12-5-6-14-15(9-12)19-11-18-14/h5-6,9H,1-4,7-8,10-11H2. The van der Waals surface area contributed by atoms with Gasteiger partial charge in [0.25, 0.3) is 0 Å². The third-order valence-electron chi connectivity index (χ3n) is 3.76. The van der Waals surface area contributed by atoms with Gasteiger partial charge in [-0.25, -0.2) is 0 Å². The molecule has 1 fully saturated rings. The molecule has 0 spiro atoms. The number of nitrogens with zero attached hydrogens (tertiary/aromatic N) is 1. The summed E-state index contributed by atoms with van der Waals surface area (Å²) in [5.74, 6) is 1.58. The van der Waals surface area contributed by atoms with Crippen LogP contribution in [0.3, 0.4) is 0 Å². The van der Waals surface area contributed by atoms with Gasteiger partial charge in [-0.2, -0.15) is 0 Å². The van der Waals surface area contributed by atoms with Crippen LogP contribution in [0.5, 0.6) is 11.5 Å². The van der Waals surface area contributed by atoms with Gasteiger partial charge in [0.05, 0.1) is 6.54 Å². The fourth-order valence-corrected chi connectivity index (χ4v) is 2.66. The molecule has 0 N–H and O–H groups in total. The molecule has 1 saturated heterocycles. The Morgan fingerprint density at radius 2 is 1.79 bits per heavy atom. The molecule has 4 nitrogen and oxygen atoms in total. The second kappa shape index (κ2) is 5.61. The lowest BCUT2D eigenvalue weighted by molar-refractivity contribution is 0.0932. The molecular formula is C15H19NO3. The molecule has 0 bridgehead atoms. The Labute approximate surface area is 113 Å². The minimum atomic E-state index is 0.167. The summed E-state index contributed by atoms with van der Waals surface area (Å²) >= 11 is 0. The maximum atomic E-state index is 12.3. The number of carbonyl (C=O) groups excluding carboxylic acids is 1. The van der Waals surface area contributed by atoms with Crippen molar-refractivity contribution in [2.75, 3.05) is 26.4 Å². The van der Waals surface area contributed by atoms with Crippen LogP contribution in [0.2, 0.25) is 0 Å². The SMILES string of the molecule is O=C(CN1CCCCCC1)c1ccc2c(c1)OCO2. The number of hydrogen-bond acceptors (Lipinski definition) is 4. The maximum absolute atomic E-state index is 12.3.